The molecule has 1 atom stereocenters. The van der Waals surface area contributed by atoms with Crippen LogP contribution in [0.4, 0.5) is 0 Å². The highest BCUT2D eigenvalue weighted by molar-refractivity contribution is 5.20. The maximum atomic E-state index is 8.95. The zero-order valence-corrected chi connectivity index (χ0v) is 7.44. The first kappa shape index (κ1) is 11.7. The third kappa shape index (κ3) is 5.95. The summed E-state index contributed by atoms with van der Waals surface area (Å²) in [6.45, 7) is 6.60. The van der Waals surface area contributed by atoms with Gasteiger partial charge in [-0.3, -0.25) is 0 Å². The molecule has 0 aliphatic carbocycles. The highest BCUT2D eigenvalue weighted by atomic mass is 16.5. The topological polar surface area (TPSA) is 75.7 Å². The Morgan fingerprint density at radius 2 is 2.23 bits per heavy atom. The first-order chi connectivity index (χ1) is 6.10. The fourth-order valence-electron chi connectivity index (χ4n) is 0.587. The minimum absolute atomic E-state index is 0.00162. The molecule has 1 unspecified atom stereocenters. The van der Waals surface area contributed by atoms with Crippen LogP contribution < -0.4 is 5.73 Å². The Balaban J connectivity index is 3.99. The monoisotopic (exact) mass is 185 g/mol. The Kier molecular flexibility index (Phi) is 5.67. The van der Waals surface area contributed by atoms with E-state index in [2.05, 4.69) is 13.2 Å². The van der Waals surface area contributed by atoms with Gasteiger partial charge in [0.15, 0.2) is 0 Å². The molecule has 0 aliphatic heterocycles. The number of hydrogen-bond donors (Lipinski definition) is 3. The fourth-order valence-corrected chi connectivity index (χ4v) is 0.587. The van der Waals surface area contributed by atoms with E-state index in [9.17, 15) is 0 Å². The highest BCUT2D eigenvalue weighted by Gasteiger charge is 2.02. The average Bonchev–Trinajstić information content (AvgIpc) is 2.10. The largest absolute Gasteiger partial charge is 0.491 e. The third-order valence-electron chi connectivity index (χ3n) is 1.18. The zero-order valence-electron chi connectivity index (χ0n) is 7.44. The van der Waals surface area contributed by atoms with E-state index in [1.807, 2.05) is 0 Å². The van der Waals surface area contributed by atoms with Crippen molar-refractivity contribution >= 4 is 0 Å². The van der Waals surface area contributed by atoms with Gasteiger partial charge in [0.2, 0.25) is 0 Å². The first-order valence-electron chi connectivity index (χ1n) is 3.80. The highest BCUT2D eigenvalue weighted by Crippen LogP contribution is 2.01. The van der Waals surface area contributed by atoms with Gasteiger partial charge in [-0.1, -0.05) is 13.2 Å². The minimum Gasteiger partial charge on any atom is -0.491 e. The Labute approximate surface area is 77.6 Å². The van der Waals surface area contributed by atoms with Crippen molar-refractivity contribution in [3.8, 4) is 0 Å². The summed E-state index contributed by atoms with van der Waals surface area (Å²) in [5, 5.41) is 17.4. The molecule has 0 saturated heterocycles. The van der Waals surface area contributed by atoms with Gasteiger partial charge in [-0.25, -0.2) is 0 Å². The van der Waals surface area contributed by atoms with Crippen LogP contribution in [0, 0.1) is 0 Å². The van der Waals surface area contributed by atoms with E-state index in [0.717, 1.165) is 0 Å². The van der Waals surface area contributed by atoms with E-state index in [1.165, 1.54) is 12.2 Å². The fraction of sp³-hybridized carbons (Fsp3) is 0.333. The van der Waals surface area contributed by atoms with Gasteiger partial charge in [0, 0.05) is 11.8 Å². The molecule has 0 aromatic carbocycles. The second-order valence-electron chi connectivity index (χ2n) is 2.47. The Morgan fingerprint density at radius 1 is 1.62 bits per heavy atom. The molecule has 0 aromatic heterocycles. The van der Waals surface area contributed by atoms with Gasteiger partial charge >= 0.3 is 0 Å². The van der Waals surface area contributed by atoms with Crippen molar-refractivity contribution in [1.82, 2.24) is 0 Å². The maximum Gasteiger partial charge on any atom is 0.120 e. The second kappa shape index (κ2) is 6.28. The summed E-state index contributed by atoms with van der Waals surface area (Å²) in [5.74, 6) is 0.417. The maximum absolute atomic E-state index is 8.95. The zero-order chi connectivity index (χ0) is 10.3. The predicted molar refractivity (Wildman–Crippen MR) is 50.7 cm³/mol. The van der Waals surface area contributed by atoms with Crippen LogP contribution in [0.3, 0.4) is 0 Å². The summed E-state index contributed by atoms with van der Waals surface area (Å²) in [7, 11) is 0. The number of rotatable bonds is 6. The molecular weight excluding hydrogens is 170 g/mol. The number of nitrogens with two attached hydrogens (primary N) is 1. The van der Waals surface area contributed by atoms with E-state index in [4.69, 9.17) is 20.7 Å². The molecule has 0 rings (SSSR count). The summed E-state index contributed by atoms with van der Waals surface area (Å²) in [5.41, 5.74) is 5.64. The summed E-state index contributed by atoms with van der Waals surface area (Å²) < 4.78 is 5.05. The van der Waals surface area contributed by atoms with E-state index in [-0.39, 0.29) is 13.2 Å². The third-order valence-corrected chi connectivity index (χ3v) is 1.18. The Morgan fingerprint density at radius 3 is 2.62 bits per heavy atom. The van der Waals surface area contributed by atoms with Crippen LogP contribution in [-0.2, 0) is 4.74 Å². The first-order valence-corrected chi connectivity index (χ1v) is 3.80. The van der Waals surface area contributed by atoms with Crippen LogP contribution in [-0.4, -0.2) is 29.5 Å². The number of ether oxygens (including phenoxy) is 1. The van der Waals surface area contributed by atoms with Crippen molar-refractivity contribution in [1.29, 1.82) is 0 Å². The van der Waals surface area contributed by atoms with Crippen molar-refractivity contribution in [3.63, 3.8) is 0 Å². The van der Waals surface area contributed by atoms with Crippen molar-refractivity contribution in [2.75, 3.05) is 13.2 Å². The van der Waals surface area contributed by atoms with Gasteiger partial charge in [-0.15, -0.1) is 0 Å². The minimum atomic E-state index is -0.894. The van der Waals surface area contributed by atoms with Crippen molar-refractivity contribution in [2.45, 2.75) is 6.10 Å². The van der Waals surface area contributed by atoms with Crippen molar-refractivity contribution < 1.29 is 14.9 Å². The van der Waals surface area contributed by atoms with Gasteiger partial charge < -0.3 is 20.7 Å². The molecule has 4 N–H and O–H groups in total. The molecule has 74 valence electrons. The molecule has 0 saturated carbocycles. The molecule has 0 amide bonds. The molecule has 0 bridgehead atoms. The lowest BCUT2D eigenvalue weighted by Gasteiger charge is -2.10. The molecule has 0 spiro atoms. The standard InChI is InChI=1S/C9H15NO3/c1-3-9(4-7(2)10)13-6-8(12)5-11/h3-4,8,11-12H,1-2,5-6,10H2/b9-4+. The molecule has 0 heterocycles. The number of hydrogen-bond acceptors (Lipinski definition) is 4. The van der Waals surface area contributed by atoms with Crippen molar-refractivity contribution in [3.05, 3.63) is 36.8 Å². The molecule has 0 aliphatic rings. The lowest BCUT2D eigenvalue weighted by molar-refractivity contribution is 0.0329. The summed E-state index contributed by atoms with van der Waals surface area (Å²) >= 11 is 0. The molecule has 4 nitrogen and oxygen atoms in total. The Hall–Kier alpha value is -1.26. The predicted octanol–water partition coefficient (Wildman–Crippen LogP) is -0.101. The van der Waals surface area contributed by atoms with Gasteiger partial charge in [0.1, 0.15) is 18.5 Å². The van der Waals surface area contributed by atoms with Crippen molar-refractivity contribution in [2.24, 2.45) is 5.73 Å². The van der Waals surface area contributed by atoms with Crippen LogP contribution in [0.15, 0.2) is 36.8 Å². The molecular formula is C9H15NO3. The van der Waals surface area contributed by atoms with Gasteiger partial charge in [0.05, 0.1) is 6.61 Å². The summed E-state index contributed by atoms with van der Waals surface area (Å²) in [6, 6.07) is 0. The smallest absolute Gasteiger partial charge is 0.120 e. The summed E-state index contributed by atoms with van der Waals surface area (Å²) in [6.07, 6.45) is 2.04. The van der Waals surface area contributed by atoms with Crippen LogP contribution >= 0.6 is 0 Å². The van der Waals surface area contributed by atoms with E-state index in [1.54, 1.807) is 0 Å². The molecule has 13 heavy (non-hydrogen) atoms. The van der Waals surface area contributed by atoms with Gasteiger partial charge in [-0.2, -0.15) is 0 Å². The van der Waals surface area contributed by atoms with E-state index >= 15 is 0 Å². The average molecular weight is 185 g/mol. The normalized spacial score (nSPS) is 13.5. The van der Waals surface area contributed by atoms with E-state index in [0.29, 0.717) is 11.5 Å². The van der Waals surface area contributed by atoms with Crippen LogP contribution in [0.25, 0.3) is 0 Å². The SMILES string of the molecule is C=C/C(=C\C(=C)N)OCC(O)CO. The van der Waals surface area contributed by atoms with E-state index < -0.39 is 6.10 Å². The molecule has 0 radical (unpaired) electrons. The van der Waals surface area contributed by atoms with Crippen LogP contribution in [0.5, 0.6) is 0 Å². The van der Waals surface area contributed by atoms with Gasteiger partial charge in [0.25, 0.3) is 0 Å². The second-order valence-corrected chi connectivity index (χ2v) is 2.47. The number of allylic oxidation sites excluding steroid dienone is 2. The number of aliphatic hydroxyl groups excluding tert-OH is 2. The van der Waals surface area contributed by atoms with Crippen LogP contribution in [0.1, 0.15) is 0 Å². The molecule has 0 fully saturated rings. The van der Waals surface area contributed by atoms with Gasteiger partial charge in [-0.05, 0) is 6.08 Å². The lowest BCUT2D eigenvalue weighted by atomic mass is 10.3. The Bertz CT molecular complexity index is 211. The molecule has 0 aromatic rings. The number of aliphatic hydroxyl groups is 2. The quantitative estimate of drug-likeness (QED) is 0.399. The lowest BCUT2D eigenvalue weighted by Crippen LogP contribution is -2.19. The van der Waals surface area contributed by atoms with Crippen LogP contribution in [0.2, 0.25) is 0 Å². The molecule has 4 heteroatoms. The summed E-state index contributed by atoms with van der Waals surface area (Å²) in [4.78, 5) is 0.